The second-order valence-corrected chi connectivity index (χ2v) is 8.51. The first kappa shape index (κ1) is 20.5. The molecule has 1 atom stereocenters. The van der Waals surface area contributed by atoms with Gasteiger partial charge in [-0.05, 0) is 61.6 Å². The van der Waals surface area contributed by atoms with Gasteiger partial charge in [-0.15, -0.1) is 0 Å². The summed E-state index contributed by atoms with van der Waals surface area (Å²) in [6.45, 7) is 9.69. The van der Waals surface area contributed by atoms with Crippen molar-refractivity contribution in [1.29, 1.82) is 0 Å². The van der Waals surface area contributed by atoms with Gasteiger partial charge in [0.05, 0.1) is 17.6 Å². The number of ether oxygens (including phenoxy) is 1. The molecule has 0 aliphatic rings. The summed E-state index contributed by atoms with van der Waals surface area (Å²) >= 11 is 0. The summed E-state index contributed by atoms with van der Waals surface area (Å²) in [4.78, 5) is 0. The Morgan fingerprint density at radius 1 is 0.833 bits per heavy atom. The van der Waals surface area contributed by atoms with Gasteiger partial charge in [-0.3, -0.25) is 0 Å². The van der Waals surface area contributed by atoms with Gasteiger partial charge in [-0.25, -0.2) is 0 Å². The lowest BCUT2D eigenvalue weighted by molar-refractivity contribution is 0.231. The van der Waals surface area contributed by atoms with Crippen LogP contribution in [0.15, 0.2) is 60.7 Å². The number of rotatable bonds is 8. The molecule has 1 heterocycles. The highest BCUT2D eigenvalue weighted by atomic mass is 16.5. The van der Waals surface area contributed by atoms with E-state index in [1.807, 2.05) is 0 Å². The Hall–Kier alpha value is -2.74. The van der Waals surface area contributed by atoms with Crippen molar-refractivity contribution in [2.45, 2.75) is 53.4 Å². The number of unbranched alkanes of at least 4 members (excludes halogenated alkanes) is 1. The third-order valence-corrected chi connectivity index (χ3v) is 6.29. The molecule has 2 heteroatoms. The molecule has 1 aromatic heterocycles. The molecule has 0 aliphatic carbocycles. The molecule has 2 nitrogen and oxygen atoms in total. The normalized spacial score (nSPS) is 12.5. The van der Waals surface area contributed by atoms with Crippen molar-refractivity contribution >= 4 is 21.8 Å². The number of aromatic nitrogens is 1. The van der Waals surface area contributed by atoms with E-state index >= 15 is 0 Å². The van der Waals surface area contributed by atoms with Crippen molar-refractivity contribution in [3.8, 4) is 11.4 Å². The van der Waals surface area contributed by atoms with Crippen molar-refractivity contribution in [1.82, 2.24) is 4.57 Å². The minimum absolute atomic E-state index is 0.640. The minimum atomic E-state index is 0.640. The number of hydrogen-bond acceptors (Lipinski definition) is 1. The third-order valence-electron chi connectivity index (χ3n) is 6.29. The minimum Gasteiger partial charge on any atom is -0.493 e. The summed E-state index contributed by atoms with van der Waals surface area (Å²) in [5.74, 6) is 1.69. The van der Waals surface area contributed by atoms with Crippen molar-refractivity contribution < 1.29 is 4.74 Å². The summed E-state index contributed by atoms with van der Waals surface area (Å²) in [6, 6.07) is 21.9. The summed E-state index contributed by atoms with van der Waals surface area (Å²) in [7, 11) is 0. The van der Waals surface area contributed by atoms with Gasteiger partial charge in [0.2, 0.25) is 0 Å². The Balaban J connectivity index is 1.72. The van der Waals surface area contributed by atoms with E-state index in [1.54, 1.807) is 0 Å². The number of aryl methyl sites for hydroxylation is 2. The summed E-state index contributed by atoms with van der Waals surface area (Å²) in [6.07, 6.45) is 4.97. The quantitative estimate of drug-likeness (QED) is 0.293. The first-order valence-electron chi connectivity index (χ1n) is 11.4. The highest BCUT2D eigenvalue weighted by molar-refractivity contribution is 6.09. The molecule has 30 heavy (non-hydrogen) atoms. The molecule has 3 aromatic carbocycles. The van der Waals surface area contributed by atoms with Crippen LogP contribution in [0.5, 0.6) is 5.75 Å². The van der Waals surface area contributed by atoms with Gasteiger partial charge in [0.1, 0.15) is 5.75 Å². The molecule has 0 bridgehead atoms. The van der Waals surface area contributed by atoms with Gasteiger partial charge in [0.25, 0.3) is 0 Å². The van der Waals surface area contributed by atoms with Crippen LogP contribution >= 0.6 is 0 Å². The van der Waals surface area contributed by atoms with Crippen LogP contribution in [-0.4, -0.2) is 11.2 Å². The lowest BCUT2D eigenvalue weighted by Crippen LogP contribution is -2.12. The van der Waals surface area contributed by atoms with Gasteiger partial charge in [-0.1, -0.05) is 69.5 Å². The number of fused-ring (bicyclic) bond motifs is 3. The topological polar surface area (TPSA) is 14.2 Å². The largest absolute Gasteiger partial charge is 0.493 e. The fourth-order valence-corrected chi connectivity index (χ4v) is 4.58. The molecule has 0 saturated carbocycles. The van der Waals surface area contributed by atoms with E-state index in [1.165, 1.54) is 64.3 Å². The van der Waals surface area contributed by atoms with Gasteiger partial charge >= 0.3 is 0 Å². The highest BCUT2D eigenvalue weighted by Gasteiger charge is 2.15. The molecule has 156 valence electrons. The van der Waals surface area contributed by atoms with Crippen LogP contribution in [0, 0.1) is 19.8 Å². The molecular weight excluding hydrogens is 366 g/mol. The highest BCUT2D eigenvalue weighted by Crippen LogP contribution is 2.34. The molecule has 4 aromatic rings. The lowest BCUT2D eigenvalue weighted by atomic mass is 10.0. The summed E-state index contributed by atoms with van der Waals surface area (Å²) in [5, 5.41) is 2.59. The first-order valence-corrected chi connectivity index (χ1v) is 11.4. The van der Waals surface area contributed by atoms with Gasteiger partial charge in [0.15, 0.2) is 0 Å². The molecule has 0 amide bonds. The van der Waals surface area contributed by atoms with Crippen LogP contribution in [0.2, 0.25) is 0 Å². The van der Waals surface area contributed by atoms with Gasteiger partial charge in [0, 0.05) is 16.5 Å². The van der Waals surface area contributed by atoms with E-state index in [0.29, 0.717) is 5.92 Å². The SMILES string of the molecule is CCCCC(CC)COc1c(C)cc(-n2c3ccccc3c3ccccc32)cc1C. The molecule has 0 saturated heterocycles. The molecule has 0 fully saturated rings. The van der Waals surface area contributed by atoms with Crippen LogP contribution in [0.4, 0.5) is 0 Å². The van der Waals surface area contributed by atoms with Crippen LogP contribution in [0.1, 0.15) is 50.7 Å². The smallest absolute Gasteiger partial charge is 0.125 e. The van der Waals surface area contributed by atoms with Crippen LogP contribution in [-0.2, 0) is 0 Å². The zero-order valence-electron chi connectivity index (χ0n) is 18.7. The Bertz CT molecular complexity index is 1080. The maximum absolute atomic E-state index is 6.36. The van der Waals surface area contributed by atoms with Crippen LogP contribution in [0.25, 0.3) is 27.5 Å². The van der Waals surface area contributed by atoms with E-state index in [4.69, 9.17) is 4.74 Å². The Morgan fingerprint density at radius 2 is 1.40 bits per heavy atom. The molecule has 4 rings (SSSR count). The van der Waals surface area contributed by atoms with E-state index in [-0.39, 0.29) is 0 Å². The fraction of sp³-hybridized carbons (Fsp3) is 0.357. The molecule has 0 N–H and O–H groups in total. The second kappa shape index (κ2) is 8.95. The average Bonchev–Trinajstić information content (AvgIpc) is 3.09. The maximum Gasteiger partial charge on any atom is 0.125 e. The van der Waals surface area contributed by atoms with E-state index < -0.39 is 0 Å². The van der Waals surface area contributed by atoms with Crippen molar-refractivity contribution in [3.05, 3.63) is 71.8 Å². The fourth-order valence-electron chi connectivity index (χ4n) is 4.58. The number of para-hydroxylation sites is 2. The number of nitrogens with zero attached hydrogens (tertiary/aromatic N) is 1. The summed E-state index contributed by atoms with van der Waals surface area (Å²) in [5.41, 5.74) is 6.11. The Labute approximate surface area is 180 Å². The monoisotopic (exact) mass is 399 g/mol. The van der Waals surface area contributed by atoms with Gasteiger partial charge in [-0.2, -0.15) is 0 Å². The van der Waals surface area contributed by atoms with Crippen molar-refractivity contribution in [3.63, 3.8) is 0 Å². The predicted octanol–water partition coefficient (Wildman–Crippen LogP) is 8.00. The van der Waals surface area contributed by atoms with Crippen molar-refractivity contribution in [2.75, 3.05) is 6.61 Å². The molecule has 1 unspecified atom stereocenters. The van der Waals surface area contributed by atoms with E-state index in [0.717, 1.165) is 12.4 Å². The first-order chi connectivity index (χ1) is 14.6. The standard InChI is InChI=1S/C28H33NO/c1-5-7-12-22(6-2)19-30-28-20(3)17-23(18-21(28)4)29-26-15-10-8-13-24(26)25-14-9-11-16-27(25)29/h8-11,13-18,22H,5-7,12,19H2,1-4H3. The summed E-state index contributed by atoms with van der Waals surface area (Å²) < 4.78 is 8.74. The second-order valence-electron chi connectivity index (χ2n) is 8.51. The van der Waals surface area contributed by atoms with Gasteiger partial charge < -0.3 is 9.30 Å². The zero-order chi connectivity index (χ0) is 21.1. The molecule has 0 aliphatic heterocycles. The molecule has 0 spiro atoms. The van der Waals surface area contributed by atoms with E-state index in [9.17, 15) is 0 Å². The van der Waals surface area contributed by atoms with Crippen molar-refractivity contribution in [2.24, 2.45) is 5.92 Å². The number of benzene rings is 3. The molecular formula is C28H33NO. The number of hydrogen-bond donors (Lipinski definition) is 0. The maximum atomic E-state index is 6.36. The predicted molar refractivity (Wildman–Crippen MR) is 129 cm³/mol. The third kappa shape index (κ3) is 3.84. The van der Waals surface area contributed by atoms with Crippen LogP contribution in [0.3, 0.4) is 0 Å². The van der Waals surface area contributed by atoms with Crippen LogP contribution < -0.4 is 4.74 Å². The lowest BCUT2D eigenvalue weighted by Gasteiger charge is -2.19. The zero-order valence-corrected chi connectivity index (χ0v) is 18.7. The Kier molecular flexibility index (Phi) is 6.13. The average molecular weight is 400 g/mol. The Morgan fingerprint density at radius 3 is 1.93 bits per heavy atom. The molecule has 0 radical (unpaired) electrons. The van der Waals surface area contributed by atoms with E-state index in [2.05, 4.69) is 92.9 Å².